The Kier molecular flexibility index (Phi) is 5.74. The third-order valence-corrected chi connectivity index (χ3v) is 3.45. The first kappa shape index (κ1) is 15.9. The van der Waals surface area contributed by atoms with E-state index in [0.717, 1.165) is 12.1 Å². The van der Waals surface area contributed by atoms with E-state index in [4.69, 9.17) is 0 Å². The van der Waals surface area contributed by atoms with Gasteiger partial charge in [-0.1, -0.05) is 43.7 Å². The summed E-state index contributed by atoms with van der Waals surface area (Å²) in [4.78, 5) is 14.8. The van der Waals surface area contributed by atoms with Crippen LogP contribution in [0.5, 0.6) is 0 Å². The third kappa shape index (κ3) is 4.46. The lowest BCUT2D eigenvalue weighted by atomic mass is 10.0. The van der Waals surface area contributed by atoms with Gasteiger partial charge in [0.25, 0.3) is 0 Å². The zero-order valence-electron chi connectivity index (χ0n) is 13.1. The Morgan fingerprint density at radius 1 is 1.05 bits per heavy atom. The predicted molar refractivity (Wildman–Crippen MR) is 81.7 cm³/mol. The fourth-order valence-corrected chi connectivity index (χ4v) is 2.35. The number of hydrogen-bond acceptors (Lipinski definition) is 2. The van der Waals surface area contributed by atoms with E-state index in [1.54, 1.807) is 0 Å². The first-order valence-corrected chi connectivity index (χ1v) is 7.19. The van der Waals surface area contributed by atoms with Gasteiger partial charge in [-0.15, -0.1) is 0 Å². The van der Waals surface area contributed by atoms with Gasteiger partial charge in [-0.25, -0.2) is 0 Å². The normalized spacial score (nSPS) is 13.3. The van der Waals surface area contributed by atoms with Crippen LogP contribution in [-0.4, -0.2) is 29.3 Å². The minimum Gasteiger partial charge on any atom is -0.292 e. The average Bonchev–Trinajstić information content (AvgIpc) is 2.34. The zero-order valence-corrected chi connectivity index (χ0v) is 13.1. The number of carbonyl (C=O) groups excluding carboxylic acids is 1. The molecule has 0 saturated carbocycles. The molecule has 1 atom stereocenters. The summed E-state index contributed by atoms with van der Waals surface area (Å²) < 4.78 is 0. The van der Waals surface area contributed by atoms with Crippen molar-refractivity contribution in [2.45, 2.75) is 53.6 Å². The van der Waals surface area contributed by atoms with Crippen molar-refractivity contribution in [1.29, 1.82) is 0 Å². The number of Topliss-reactive ketones (excluding diaryl/α,β-unsaturated/α-hetero) is 1. The molecule has 106 valence electrons. The second-order valence-electron chi connectivity index (χ2n) is 6.09. The molecule has 0 N–H and O–H groups in total. The van der Waals surface area contributed by atoms with Crippen LogP contribution in [0.2, 0.25) is 0 Å². The number of rotatable bonds is 6. The number of aryl methyl sites for hydroxylation is 1. The lowest BCUT2D eigenvalue weighted by Crippen LogP contribution is -2.45. The molecule has 1 unspecified atom stereocenters. The van der Waals surface area contributed by atoms with Crippen molar-refractivity contribution in [3.63, 3.8) is 0 Å². The fraction of sp³-hybridized carbons (Fsp3) is 0.588. The molecule has 1 aromatic rings. The van der Waals surface area contributed by atoms with E-state index in [9.17, 15) is 4.79 Å². The van der Waals surface area contributed by atoms with E-state index in [2.05, 4.69) is 32.6 Å². The van der Waals surface area contributed by atoms with Gasteiger partial charge in [-0.05, 0) is 33.6 Å². The molecule has 0 aliphatic carbocycles. The Morgan fingerprint density at radius 2 is 1.58 bits per heavy atom. The number of nitrogens with zero attached hydrogens (tertiary/aromatic N) is 1. The van der Waals surface area contributed by atoms with Crippen LogP contribution >= 0.6 is 0 Å². The molecule has 0 aromatic heterocycles. The second-order valence-corrected chi connectivity index (χ2v) is 6.09. The summed E-state index contributed by atoms with van der Waals surface area (Å²) in [6.45, 7) is 13.7. The summed E-state index contributed by atoms with van der Waals surface area (Å²) in [5.41, 5.74) is 2.00. The van der Waals surface area contributed by atoms with Crippen molar-refractivity contribution in [3.05, 3.63) is 35.4 Å². The summed E-state index contributed by atoms with van der Waals surface area (Å²) >= 11 is 0. The standard InChI is InChI=1S/C17H27NO/c1-12(2)11-18(13(3)4)15(6)17(19)16-9-7-14(5)8-10-16/h7-10,12-13,15H,11H2,1-6H3. The second kappa shape index (κ2) is 6.85. The SMILES string of the molecule is Cc1ccc(C(=O)C(C)N(CC(C)C)C(C)C)cc1. The Hall–Kier alpha value is -1.15. The highest BCUT2D eigenvalue weighted by atomic mass is 16.1. The molecular formula is C17H27NO. The van der Waals surface area contributed by atoms with Crippen LogP contribution < -0.4 is 0 Å². The maximum atomic E-state index is 12.5. The zero-order chi connectivity index (χ0) is 14.6. The van der Waals surface area contributed by atoms with Crippen molar-refractivity contribution in [1.82, 2.24) is 4.90 Å². The summed E-state index contributed by atoms with van der Waals surface area (Å²) in [7, 11) is 0. The molecule has 0 amide bonds. The van der Waals surface area contributed by atoms with Gasteiger partial charge in [0.15, 0.2) is 5.78 Å². The predicted octanol–water partition coefficient (Wildman–Crippen LogP) is 3.93. The number of ketones is 1. The van der Waals surface area contributed by atoms with Crippen LogP contribution in [0.25, 0.3) is 0 Å². The molecule has 0 heterocycles. The Morgan fingerprint density at radius 3 is 2.00 bits per heavy atom. The van der Waals surface area contributed by atoms with Gasteiger partial charge in [-0.3, -0.25) is 9.69 Å². The molecule has 0 aliphatic rings. The first-order valence-electron chi connectivity index (χ1n) is 7.19. The van der Waals surface area contributed by atoms with Gasteiger partial charge in [0, 0.05) is 18.2 Å². The van der Waals surface area contributed by atoms with Crippen LogP contribution in [-0.2, 0) is 0 Å². The molecule has 0 aliphatic heterocycles. The van der Waals surface area contributed by atoms with Crippen LogP contribution in [0.3, 0.4) is 0 Å². The van der Waals surface area contributed by atoms with Crippen molar-refractivity contribution >= 4 is 5.78 Å². The molecule has 1 rings (SSSR count). The minimum absolute atomic E-state index is 0.0647. The van der Waals surface area contributed by atoms with E-state index in [1.807, 2.05) is 38.1 Å². The molecule has 0 fully saturated rings. The molecule has 0 bridgehead atoms. The monoisotopic (exact) mass is 261 g/mol. The van der Waals surface area contributed by atoms with Crippen LogP contribution in [0.15, 0.2) is 24.3 Å². The van der Waals surface area contributed by atoms with Crippen LogP contribution in [0.1, 0.15) is 50.5 Å². The average molecular weight is 261 g/mol. The Bertz CT molecular complexity index is 406. The molecular weight excluding hydrogens is 234 g/mol. The van der Waals surface area contributed by atoms with E-state index in [1.165, 1.54) is 5.56 Å². The largest absolute Gasteiger partial charge is 0.292 e. The summed E-state index contributed by atoms with van der Waals surface area (Å²) in [5.74, 6) is 0.782. The lowest BCUT2D eigenvalue weighted by molar-refractivity contribution is 0.0763. The summed E-state index contributed by atoms with van der Waals surface area (Å²) in [6.07, 6.45) is 0. The smallest absolute Gasteiger partial charge is 0.179 e. The van der Waals surface area contributed by atoms with Crippen molar-refractivity contribution in [2.24, 2.45) is 5.92 Å². The van der Waals surface area contributed by atoms with Gasteiger partial charge in [0.1, 0.15) is 0 Å². The van der Waals surface area contributed by atoms with E-state index >= 15 is 0 Å². The van der Waals surface area contributed by atoms with Gasteiger partial charge < -0.3 is 0 Å². The fourth-order valence-electron chi connectivity index (χ4n) is 2.35. The molecule has 0 saturated heterocycles. The van der Waals surface area contributed by atoms with Gasteiger partial charge >= 0.3 is 0 Å². The number of hydrogen-bond donors (Lipinski definition) is 0. The Balaban J connectivity index is 2.86. The first-order chi connectivity index (χ1) is 8.82. The van der Waals surface area contributed by atoms with Gasteiger partial charge in [-0.2, -0.15) is 0 Å². The maximum absolute atomic E-state index is 12.5. The van der Waals surface area contributed by atoms with Gasteiger partial charge in [0.05, 0.1) is 6.04 Å². The topological polar surface area (TPSA) is 20.3 Å². The molecule has 19 heavy (non-hydrogen) atoms. The van der Waals surface area contributed by atoms with Crippen molar-refractivity contribution in [2.75, 3.05) is 6.54 Å². The minimum atomic E-state index is -0.0647. The Labute approximate surface area is 117 Å². The molecule has 0 radical (unpaired) electrons. The highest BCUT2D eigenvalue weighted by molar-refractivity contribution is 5.99. The van der Waals surface area contributed by atoms with E-state index in [0.29, 0.717) is 12.0 Å². The van der Waals surface area contributed by atoms with Gasteiger partial charge in [0.2, 0.25) is 0 Å². The molecule has 1 aromatic carbocycles. The molecule has 2 nitrogen and oxygen atoms in total. The summed E-state index contributed by atoms with van der Waals surface area (Å²) in [5, 5.41) is 0. The van der Waals surface area contributed by atoms with Crippen LogP contribution in [0, 0.1) is 12.8 Å². The van der Waals surface area contributed by atoms with Crippen LogP contribution in [0.4, 0.5) is 0 Å². The highest BCUT2D eigenvalue weighted by Gasteiger charge is 2.24. The third-order valence-electron chi connectivity index (χ3n) is 3.45. The summed E-state index contributed by atoms with van der Waals surface area (Å²) in [6, 6.07) is 8.19. The molecule has 0 spiro atoms. The molecule has 2 heteroatoms. The number of benzene rings is 1. The quantitative estimate of drug-likeness (QED) is 0.723. The van der Waals surface area contributed by atoms with E-state index in [-0.39, 0.29) is 11.8 Å². The van der Waals surface area contributed by atoms with E-state index < -0.39 is 0 Å². The maximum Gasteiger partial charge on any atom is 0.179 e. The lowest BCUT2D eigenvalue weighted by Gasteiger charge is -2.33. The number of carbonyl (C=O) groups is 1. The highest BCUT2D eigenvalue weighted by Crippen LogP contribution is 2.15. The van der Waals surface area contributed by atoms with Crippen molar-refractivity contribution in [3.8, 4) is 0 Å². The van der Waals surface area contributed by atoms with Crippen molar-refractivity contribution < 1.29 is 4.79 Å².